The molecule has 2 rings (SSSR count). The Labute approximate surface area is 114 Å². The van der Waals surface area contributed by atoms with Crippen molar-refractivity contribution >= 4 is 11.7 Å². The van der Waals surface area contributed by atoms with Crippen LogP contribution in [0.3, 0.4) is 0 Å². The summed E-state index contributed by atoms with van der Waals surface area (Å²) in [6.07, 6.45) is 1.77. The number of carbonyl (C=O) groups is 1. The van der Waals surface area contributed by atoms with Crippen molar-refractivity contribution in [2.24, 2.45) is 5.92 Å². The van der Waals surface area contributed by atoms with Gasteiger partial charge >= 0.3 is 5.97 Å². The molecule has 0 aromatic heterocycles. The highest BCUT2D eigenvalue weighted by Crippen LogP contribution is 2.27. The average molecular weight is 262 g/mol. The topological polar surface area (TPSA) is 52.6 Å². The van der Waals surface area contributed by atoms with Gasteiger partial charge in [0, 0.05) is 18.8 Å². The van der Waals surface area contributed by atoms with E-state index >= 15 is 0 Å². The van der Waals surface area contributed by atoms with Crippen LogP contribution >= 0.6 is 0 Å². The quantitative estimate of drug-likeness (QED) is 0.851. The van der Waals surface area contributed by atoms with E-state index in [1.807, 2.05) is 0 Å². The van der Waals surface area contributed by atoms with Crippen LogP contribution in [0.1, 0.15) is 18.4 Å². The van der Waals surface area contributed by atoms with Gasteiger partial charge in [-0.05, 0) is 50.4 Å². The highest BCUT2D eigenvalue weighted by molar-refractivity contribution is 5.73. The van der Waals surface area contributed by atoms with Crippen molar-refractivity contribution in [3.8, 4) is 0 Å². The Kier molecular flexibility index (Phi) is 4.43. The normalized spacial score (nSPS) is 20.5. The molecular formula is C15H22N2O2. The maximum atomic E-state index is 11.0. The molecule has 1 aliphatic rings. The molecule has 0 aliphatic carbocycles. The van der Waals surface area contributed by atoms with Crippen LogP contribution in [0.4, 0.5) is 5.69 Å². The monoisotopic (exact) mass is 262 g/mol. The first-order valence-corrected chi connectivity index (χ1v) is 6.82. The van der Waals surface area contributed by atoms with Crippen LogP contribution in [0.15, 0.2) is 24.3 Å². The summed E-state index contributed by atoms with van der Waals surface area (Å²) < 4.78 is 0. The first kappa shape index (κ1) is 13.9. The second-order valence-electron chi connectivity index (χ2n) is 5.35. The van der Waals surface area contributed by atoms with Crippen molar-refractivity contribution in [3.63, 3.8) is 0 Å². The molecule has 4 nitrogen and oxygen atoms in total. The van der Waals surface area contributed by atoms with Crippen LogP contribution in [-0.2, 0) is 4.79 Å². The smallest absolute Gasteiger partial charge is 0.320 e. The molecule has 1 aliphatic heterocycles. The van der Waals surface area contributed by atoms with Crippen LogP contribution in [0.25, 0.3) is 0 Å². The number of aryl methyl sites for hydroxylation is 1. The molecule has 4 heteroatoms. The van der Waals surface area contributed by atoms with Crippen molar-refractivity contribution in [2.75, 3.05) is 25.0 Å². The predicted molar refractivity (Wildman–Crippen MR) is 76.6 cm³/mol. The van der Waals surface area contributed by atoms with Crippen LogP contribution in [0, 0.1) is 12.8 Å². The summed E-state index contributed by atoms with van der Waals surface area (Å²) >= 11 is 0. The molecule has 0 amide bonds. The lowest BCUT2D eigenvalue weighted by atomic mass is 9.99. The molecule has 1 fully saturated rings. The van der Waals surface area contributed by atoms with E-state index in [0.717, 1.165) is 19.5 Å². The van der Waals surface area contributed by atoms with Crippen molar-refractivity contribution in [2.45, 2.75) is 25.8 Å². The minimum absolute atomic E-state index is 0.428. The number of carboxylic acids is 1. The molecule has 19 heavy (non-hydrogen) atoms. The average Bonchev–Trinajstić information content (AvgIpc) is 2.84. The third-order valence-corrected chi connectivity index (χ3v) is 3.87. The molecule has 1 saturated heterocycles. The first-order valence-electron chi connectivity index (χ1n) is 6.82. The summed E-state index contributed by atoms with van der Waals surface area (Å²) in [6, 6.07) is 8.06. The van der Waals surface area contributed by atoms with E-state index < -0.39 is 12.0 Å². The van der Waals surface area contributed by atoms with Crippen LogP contribution in [0.2, 0.25) is 0 Å². The fraction of sp³-hybridized carbons (Fsp3) is 0.533. The summed E-state index contributed by atoms with van der Waals surface area (Å²) in [7, 11) is 1.71. The zero-order valence-electron chi connectivity index (χ0n) is 11.6. The first-order chi connectivity index (χ1) is 9.10. The van der Waals surface area contributed by atoms with Gasteiger partial charge in [-0.25, -0.2) is 0 Å². The molecule has 1 heterocycles. The fourth-order valence-electron chi connectivity index (χ4n) is 2.76. The minimum atomic E-state index is -0.753. The molecule has 2 unspecified atom stereocenters. The van der Waals surface area contributed by atoms with E-state index in [2.05, 4.69) is 41.4 Å². The van der Waals surface area contributed by atoms with Gasteiger partial charge < -0.3 is 15.3 Å². The van der Waals surface area contributed by atoms with Gasteiger partial charge in [0.25, 0.3) is 0 Å². The number of anilines is 1. The highest BCUT2D eigenvalue weighted by atomic mass is 16.4. The zero-order valence-corrected chi connectivity index (χ0v) is 11.6. The molecule has 2 atom stereocenters. The summed E-state index contributed by atoms with van der Waals surface area (Å²) in [5.74, 6) is -0.300. The number of aliphatic carboxylic acids is 1. The summed E-state index contributed by atoms with van der Waals surface area (Å²) in [5.41, 5.74) is 2.51. The van der Waals surface area contributed by atoms with Crippen molar-refractivity contribution in [3.05, 3.63) is 29.8 Å². The largest absolute Gasteiger partial charge is 0.480 e. The molecule has 0 radical (unpaired) electrons. The van der Waals surface area contributed by atoms with Gasteiger partial charge in [-0.1, -0.05) is 12.1 Å². The Bertz CT molecular complexity index is 448. The Hall–Kier alpha value is -1.55. The molecule has 2 N–H and O–H groups in total. The molecule has 0 saturated carbocycles. The van der Waals surface area contributed by atoms with Crippen molar-refractivity contribution < 1.29 is 9.90 Å². The third-order valence-electron chi connectivity index (χ3n) is 3.87. The number of nitrogens with one attached hydrogen (secondary N) is 1. The van der Waals surface area contributed by atoms with Crippen LogP contribution in [-0.4, -0.2) is 37.3 Å². The number of carboxylic acid groups (broad SMARTS) is 1. The van der Waals surface area contributed by atoms with Gasteiger partial charge in [0.15, 0.2) is 0 Å². The van der Waals surface area contributed by atoms with E-state index in [4.69, 9.17) is 5.11 Å². The maximum Gasteiger partial charge on any atom is 0.320 e. The SMILES string of the molecule is CNC(CC1CCN(c2cccc(C)c2)C1)C(=O)O. The second-order valence-corrected chi connectivity index (χ2v) is 5.35. The highest BCUT2D eigenvalue weighted by Gasteiger charge is 2.27. The van der Waals surface area contributed by atoms with E-state index in [1.165, 1.54) is 11.3 Å². The lowest BCUT2D eigenvalue weighted by Crippen LogP contribution is -2.36. The molecule has 0 bridgehead atoms. The Morgan fingerprint density at radius 3 is 3.00 bits per heavy atom. The van der Waals surface area contributed by atoms with Crippen molar-refractivity contribution in [1.29, 1.82) is 0 Å². The minimum Gasteiger partial charge on any atom is -0.480 e. The number of rotatable bonds is 5. The number of likely N-dealkylation sites (N-methyl/N-ethyl adjacent to an activating group) is 1. The maximum absolute atomic E-state index is 11.0. The summed E-state index contributed by atoms with van der Waals surface area (Å²) in [5, 5.41) is 12.0. The lowest BCUT2D eigenvalue weighted by molar-refractivity contribution is -0.139. The standard InChI is InChI=1S/C15H22N2O2/c1-11-4-3-5-13(8-11)17-7-6-12(10-17)9-14(16-2)15(18)19/h3-5,8,12,14,16H,6-7,9-10H2,1-2H3,(H,18,19). The van der Waals surface area contributed by atoms with Gasteiger partial charge in [-0.2, -0.15) is 0 Å². The number of hydrogen-bond donors (Lipinski definition) is 2. The number of nitrogens with zero attached hydrogens (tertiary/aromatic N) is 1. The molecule has 0 spiro atoms. The van der Waals surface area contributed by atoms with Gasteiger partial charge in [-0.3, -0.25) is 4.79 Å². The zero-order chi connectivity index (χ0) is 13.8. The summed E-state index contributed by atoms with van der Waals surface area (Å²) in [4.78, 5) is 13.4. The predicted octanol–water partition coefficient (Wildman–Crippen LogP) is 1.88. The molecular weight excluding hydrogens is 240 g/mol. The van der Waals surface area contributed by atoms with E-state index in [9.17, 15) is 4.79 Å². The van der Waals surface area contributed by atoms with E-state index in [1.54, 1.807) is 7.05 Å². The number of hydrogen-bond acceptors (Lipinski definition) is 3. The van der Waals surface area contributed by atoms with E-state index in [0.29, 0.717) is 12.3 Å². The van der Waals surface area contributed by atoms with Crippen molar-refractivity contribution in [1.82, 2.24) is 5.32 Å². The second kappa shape index (κ2) is 6.06. The molecule has 1 aromatic rings. The van der Waals surface area contributed by atoms with Crippen LogP contribution < -0.4 is 10.2 Å². The lowest BCUT2D eigenvalue weighted by Gasteiger charge is -2.20. The fourth-order valence-corrected chi connectivity index (χ4v) is 2.76. The van der Waals surface area contributed by atoms with Crippen LogP contribution in [0.5, 0.6) is 0 Å². The van der Waals surface area contributed by atoms with Gasteiger partial charge in [0.1, 0.15) is 6.04 Å². The van der Waals surface area contributed by atoms with Gasteiger partial charge in [-0.15, -0.1) is 0 Å². The Morgan fingerprint density at radius 2 is 2.37 bits per heavy atom. The van der Waals surface area contributed by atoms with E-state index in [-0.39, 0.29) is 0 Å². The van der Waals surface area contributed by atoms with Gasteiger partial charge in [0.05, 0.1) is 0 Å². The summed E-state index contributed by atoms with van der Waals surface area (Å²) in [6.45, 7) is 4.07. The number of benzene rings is 1. The Balaban J connectivity index is 1.94. The Morgan fingerprint density at radius 1 is 1.58 bits per heavy atom. The van der Waals surface area contributed by atoms with Gasteiger partial charge in [0.2, 0.25) is 0 Å². The third kappa shape index (κ3) is 3.47. The molecule has 1 aromatic carbocycles. The molecule has 104 valence electrons.